The lowest BCUT2D eigenvalue weighted by molar-refractivity contribution is -0.229. The Hall–Kier alpha value is -2.94. The second kappa shape index (κ2) is 8.83. The molecule has 30 heavy (non-hydrogen) atoms. The summed E-state index contributed by atoms with van der Waals surface area (Å²) in [5, 5.41) is 12.9. The van der Waals surface area contributed by atoms with Crippen LogP contribution in [0.3, 0.4) is 0 Å². The summed E-state index contributed by atoms with van der Waals surface area (Å²) in [4.78, 5) is 16.5. The highest BCUT2D eigenvalue weighted by Crippen LogP contribution is 2.30. The molecule has 0 aromatic heterocycles. The van der Waals surface area contributed by atoms with E-state index in [1.807, 2.05) is 54.6 Å². The maximum Gasteiger partial charge on any atom is 0.196 e. The minimum absolute atomic E-state index is 0.191. The summed E-state index contributed by atoms with van der Waals surface area (Å²) in [6.07, 6.45) is -1.80. The second-order valence-corrected chi connectivity index (χ2v) is 7.26. The van der Waals surface area contributed by atoms with Crippen LogP contribution in [0.25, 0.3) is 0 Å². The minimum atomic E-state index is -0.987. The summed E-state index contributed by atoms with van der Waals surface area (Å²) < 4.78 is 16.9. The van der Waals surface area contributed by atoms with Crippen molar-refractivity contribution in [2.75, 3.05) is 18.7 Å². The molecule has 1 saturated heterocycles. The fourth-order valence-corrected chi connectivity index (χ4v) is 3.65. The Labute approximate surface area is 175 Å². The molecule has 0 unspecified atom stereocenters. The van der Waals surface area contributed by atoms with E-state index in [1.165, 1.54) is 6.92 Å². The standard InChI is InChI=1S/C22H25N3O5/c1-14(26)21-23-18-13-30-22(29-12-15-6-4-3-5-7-15)20(27)19(18)25(24-21)16-8-10-17(28-2)11-9-16/h3-11,18-20,22,27H,12-13H2,1-2H3,(H,23,24)/t18-,19-,20+,22+/m1/s1. The molecule has 0 bridgehead atoms. The normalized spacial score (nSPS) is 25.7. The Balaban J connectivity index is 1.57. The monoisotopic (exact) mass is 411 g/mol. The van der Waals surface area contributed by atoms with Crippen LogP contribution in [-0.4, -0.2) is 54.9 Å². The Morgan fingerprint density at radius 3 is 2.63 bits per heavy atom. The summed E-state index contributed by atoms with van der Waals surface area (Å²) in [6, 6.07) is 16.2. The predicted molar refractivity (Wildman–Crippen MR) is 111 cm³/mol. The molecule has 158 valence electrons. The number of rotatable bonds is 6. The lowest BCUT2D eigenvalue weighted by Gasteiger charge is -2.47. The summed E-state index contributed by atoms with van der Waals surface area (Å²) in [5.74, 6) is 0.750. The third-order valence-corrected chi connectivity index (χ3v) is 5.21. The number of methoxy groups -OCH3 is 1. The molecule has 2 aromatic rings. The van der Waals surface area contributed by atoms with E-state index in [0.29, 0.717) is 12.4 Å². The molecule has 4 rings (SSSR count). The van der Waals surface area contributed by atoms with Crippen molar-refractivity contribution in [3.05, 3.63) is 60.2 Å². The van der Waals surface area contributed by atoms with Gasteiger partial charge in [0.2, 0.25) is 0 Å². The molecule has 2 aromatic carbocycles. The Morgan fingerprint density at radius 1 is 1.23 bits per heavy atom. The van der Waals surface area contributed by atoms with Gasteiger partial charge in [-0.05, 0) is 29.8 Å². The zero-order valence-corrected chi connectivity index (χ0v) is 16.9. The molecule has 2 N–H and O–H groups in total. The molecule has 1 fully saturated rings. The van der Waals surface area contributed by atoms with E-state index in [1.54, 1.807) is 12.1 Å². The van der Waals surface area contributed by atoms with Crippen LogP contribution in [0.1, 0.15) is 12.5 Å². The number of Topliss-reactive ketones (excluding diaryl/α,β-unsaturated/α-hetero) is 1. The van der Waals surface area contributed by atoms with Crippen LogP contribution in [0, 0.1) is 0 Å². The molecule has 8 heteroatoms. The van der Waals surface area contributed by atoms with Crippen molar-refractivity contribution in [3.63, 3.8) is 0 Å². The lowest BCUT2D eigenvalue weighted by Crippen LogP contribution is -2.68. The zero-order valence-electron chi connectivity index (χ0n) is 16.9. The molecule has 0 spiro atoms. The number of nitrogens with one attached hydrogen (secondary N) is 1. The highest BCUT2D eigenvalue weighted by atomic mass is 16.7. The SMILES string of the molecule is COc1ccc(N2NC(C(C)=O)=N[C@@H]3CO[C@H](OCc4ccccc4)[C@@H](O)[C@@H]32)cc1. The first-order valence-corrected chi connectivity index (χ1v) is 9.80. The predicted octanol–water partition coefficient (Wildman–Crippen LogP) is 1.68. The third kappa shape index (κ3) is 4.16. The Morgan fingerprint density at radius 2 is 1.97 bits per heavy atom. The molecule has 0 saturated carbocycles. The van der Waals surface area contributed by atoms with E-state index in [9.17, 15) is 9.90 Å². The molecule has 8 nitrogen and oxygen atoms in total. The molecule has 2 aliphatic heterocycles. The first kappa shape index (κ1) is 20.3. The van der Waals surface area contributed by atoms with Gasteiger partial charge < -0.3 is 19.3 Å². The van der Waals surface area contributed by atoms with Crippen molar-refractivity contribution in [2.45, 2.75) is 38.0 Å². The smallest absolute Gasteiger partial charge is 0.196 e. The molecule has 4 atom stereocenters. The average Bonchev–Trinajstić information content (AvgIpc) is 2.78. The van der Waals surface area contributed by atoms with Crippen molar-refractivity contribution in [2.24, 2.45) is 4.99 Å². The highest BCUT2D eigenvalue weighted by molar-refractivity contribution is 6.38. The number of ketones is 1. The lowest BCUT2D eigenvalue weighted by atomic mass is 9.97. The number of ether oxygens (including phenoxy) is 3. The van der Waals surface area contributed by atoms with Crippen molar-refractivity contribution in [3.8, 4) is 5.75 Å². The largest absolute Gasteiger partial charge is 0.497 e. The summed E-state index contributed by atoms with van der Waals surface area (Å²) in [7, 11) is 1.60. The number of aliphatic hydroxyl groups excluding tert-OH is 1. The molecular weight excluding hydrogens is 386 g/mol. The number of amidine groups is 1. The van der Waals surface area contributed by atoms with E-state index < -0.39 is 24.5 Å². The number of nitrogens with zero attached hydrogens (tertiary/aromatic N) is 2. The maximum absolute atomic E-state index is 12.0. The molecule has 0 aliphatic carbocycles. The topological polar surface area (TPSA) is 92.6 Å². The van der Waals surface area contributed by atoms with Crippen LogP contribution in [0.4, 0.5) is 5.69 Å². The number of carbonyl (C=O) groups is 1. The van der Waals surface area contributed by atoms with Gasteiger partial charge >= 0.3 is 0 Å². The van der Waals surface area contributed by atoms with Gasteiger partial charge in [-0.25, -0.2) is 0 Å². The summed E-state index contributed by atoms with van der Waals surface area (Å²) in [5.41, 5.74) is 4.81. The zero-order chi connectivity index (χ0) is 21.1. The van der Waals surface area contributed by atoms with Gasteiger partial charge in [-0.3, -0.25) is 20.2 Å². The fraction of sp³-hybridized carbons (Fsp3) is 0.364. The van der Waals surface area contributed by atoms with Gasteiger partial charge in [0.25, 0.3) is 0 Å². The van der Waals surface area contributed by atoms with Crippen molar-refractivity contribution in [1.82, 2.24) is 5.43 Å². The Bertz CT molecular complexity index is 903. The average molecular weight is 411 g/mol. The van der Waals surface area contributed by atoms with Gasteiger partial charge in [-0.15, -0.1) is 0 Å². The maximum atomic E-state index is 12.0. The van der Waals surface area contributed by atoms with Crippen LogP contribution in [0.15, 0.2) is 59.6 Å². The third-order valence-electron chi connectivity index (χ3n) is 5.21. The van der Waals surface area contributed by atoms with Crippen LogP contribution in [0.2, 0.25) is 0 Å². The molecule has 2 heterocycles. The molecule has 0 radical (unpaired) electrons. The van der Waals surface area contributed by atoms with Gasteiger partial charge in [0.05, 0.1) is 26.0 Å². The van der Waals surface area contributed by atoms with Crippen molar-refractivity contribution < 1.29 is 24.1 Å². The van der Waals surface area contributed by atoms with Crippen LogP contribution >= 0.6 is 0 Å². The number of hydrogen-bond acceptors (Lipinski definition) is 8. The fourth-order valence-electron chi connectivity index (χ4n) is 3.65. The van der Waals surface area contributed by atoms with Crippen LogP contribution in [-0.2, 0) is 20.9 Å². The van der Waals surface area contributed by atoms with Gasteiger partial charge in [-0.2, -0.15) is 0 Å². The molecular formula is C22H25N3O5. The number of carbonyl (C=O) groups excluding carboxylic acids is 1. The van der Waals surface area contributed by atoms with E-state index in [0.717, 1.165) is 11.3 Å². The van der Waals surface area contributed by atoms with Crippen LogP contribution in [0.5, 0.6) is 5.75 Å². The van der Waals surface area contributed by atoms with Gasteiger partial charge in [0, 0.05) is 6.92 Å². The number of hydrazine groups is 1. The first-order chi connectivity index (χ1) is 14.6. The van der Waals surface area contributed by atoms with Crippen LogP contribution < -0.4 is 15.2 Å². The van der Waals surface area contributed by atoms with Gasteiger partial charge in [0.1, 0.15) is 23.9 Å². The minimum Gasteiger partial charge on any atom is -0.497 e. The van der Waals surface area contributed by atoms with Gasteiger partial charge in [-0.1, -0.05) is 30.3 Å². The highest BCUT2D eigenvalue weighted by Gasteiger charge is 2.46. The number of benzene rings is 2. The number of aliphatic imine (C=N–C) groups is 1. The Kier molecular flexibility index (Phi) is 5.98. The van der Waals surface area contributed by atoms with Crippen molar-refractivity contribution >= 4 is 17.3 Å². The van der Waals surface area contributed by atoms with E-state index in [4.69, 9.17) is 14.2 Å². The van der Waals surface area contributed by atoms with E-state index >= 15 is 0 Å². The molecule has 2 aliphatic rings. The first-order valence-electron chi connectivity index (χ1n) is 9.80. The van der Waals surface area contributed by atoms with Gasteiger partial charge in [0.15, 0.2) is 17.9 Å². The van der Waals surface area contributed by atoms with E-state index in [2.05, 4.69) is 10.4 Å². The summed E-state index contributed by atoms with van der Waals surface area (Å²) in [6.45, 7) is 1.99. The van der Waals surface area contributed by atoms with Crippen molar-refractivity contribution in [1.29, 1.82) is 0 Å². The number of aliphatic hydroxyl groups is 1. The quantitative estimate of drug-likeness (QED) is 0.747. The number of anilines is 1. The molecule has 0 amide bonds. The number of fused-ring (bicyclic) bond motifs is 1. The second-order valence-electron chi connectivity index (χ2n) is 7.26. The summed E-state index contributed by atoms with van der Waals surface area (Å²) >= 11 is 0. The van der Waals surface area contributed by atoms with E-state index in [-0.39, 0.29) is 18.2 Å². The number of hydrogen-bond donors (Lipinski definition) is 2.